The Balaban J connectivity index is 1.51. The summed E-state index contributed by atoms with van der Waals surface area (Å²) in [4.78, 5) is 39.7. The van der Waals surface area contributed by atoms with E-state index in [0.717, 1.165) is 14.2 Å². The summed E-state index contributed by atoms with van der Waals surface area (Å²) in [6.07, 6.45) is 1.53. The van der Waals surface area contributed by atoms with E-state index in [2.05, 4.69) is 38.5 Å². The molecule has 0 heterocycles. The van der Waals surface area contributed by atoms with Gasteiger partial charge in [-0.1, -0.05) is 24.3 Å². The number of thioether (sulfide) groups is 1. The second-order valence-electron chi connectivity index (χ2n) is 8.81. The Hall–Kier alpha value is -4.29. The fourth-order valence-corrected chi connectivity index (χ4v) is 4.91. The minimum absolute atomic E-state index is 0.00496. The van der Waals surface area contributed by atoms with Crippen LogP contribution in [-0.4, -0.2) is 37.7 Å². The number of amides is 3. The first kappa shape index (κ1) is 30.7. The van der Waals surface area contributed by atoms with E-state index in [1.54, 1.807) is 66.7 Å². The van der Waals surface area contributed by atoms with E-state index in [1.165, 1.54) is 32.1 Å². The molecule has 8 nitrogen and oxygen atoms in total. The SMILES string of the molecule is COc1ccc(OC)c(/C=C(/NC(=O)c2ccccc2)C(=O)Nc2cccc(SCC(=O)Nc3ccc(I)cc3)c2)c1. The van der Waals surface area contributed by atoms with Crippen LogP contribution in [0.15, 0.2) is 108 Å². The highest BCUT2D eigenvalue weighted by atomic mass is 127. The Kier molecular flexibility index (Phi) is 11.0. The number of carbonyl (C=O) groups excluding carboxylic acids is 3. The molecule has 0 aliphatic rings. The average molecular weight is 694 g/mol. The van der Waals surface area contributed by atoms with Gasteiger partial charge in [0.05, 0.1) is 20.0 Å². The van der Waals surface area contributed by atoms with Crippen molar-refractivity contribution < 1.29 is 23.9 Å². The summed E-state index contributed by atoms with van der Waals surface area (Å²) < 4.78 is 11.9. The molecular weight excluding hydrogens is 665 g/mol. The Bertz CT molecular complexity index is 1590. The van der Waals surface area contributed by atoms with Gasteiger partial charge in [0.2, 0.25) is 5.91 Å². The molecule has 4 aromatic rings. The Labute approximate surface area is 262 Å². The van der Waals surface area contributed by atoms with Gasteiger partial charge in [-0.2, -0.15) is 0 Å². The number of rotatable bonds is 11. The first-order valence-electron chi connectivity index (χ1n) is 12.7. The Morgan fingerprint density at radius 1 is 0.810 bits per heavy atom. The van der Waals surface area contributed by atoms with E-state index in [9.17, 15) is 14.4 Å². The van der Waals surface area contributed by atoms with E-state index in [4.69, 9.17) is 9.47 Å². The van der Waals surface area contributed by atoms with Crippen LogP contribution in [0.1, 0.15) is 15.9 Å². The van der Waals surface area contributed by atoms with Crippen LogP contribution in [0.4, 0.5) is 11.4 Å². The topological polar surface area (TPSA) is 106 Å². The predicted octanol–water partition coefficient (Wildman–Crippen LogP) is 6.45. The molecule has 0 aromatic heterocycles. The maximum absolute atomic E-state index is 13.5. The zero-order chi connectivity index (χ0) is 29.9. The van der Waals surface area contributed by atoms with Crippen molar-refractivity contribution in [2.75, 3.05) is 30.6 Å². The molecule has 0 aliphatic carbocycles. The van der Waals surface area contributed by atoms with Gasteiger partial charge in [0, 0.05) is 31.0 Å². The number of methoxy groups -OCH3 is 2. The lowest BCUT2D eigenvalue weighted by Gasteiger charge is -2.13. The standard InChI is InChI=1S/C32H28IN3O5S/c1-40-26-15-16-29(41-2)22(17-26)18-28(36-31(38)21-7-4-3-5-8-21)32(39)35-25-9-6-10-27(19-25)42-20-30(37)34-24-13-11-23(33)12-14-24/h3-19H,20H2,1-2H3,(H,34,37)(H,35,39)(H,36,38)/b28-18+. The second-order valence-corrected chi connectivity index (χ2v) is 11.1. The highest BCUT2D eigenvalue weighted by Crippen LogP contribution is 2.27. The molecule has 0 spiro atoms. The first-order chi connectivity index (χ1) is 20.3. The Morgan fingerprint density at radius 2 is 1.57 bits per heavy atom. The number of nitrogens with one attached hydrogen (secondary N) is 3. The van der Waals surface area contributed by atoms with Crippen LogP contribution in [0, 0.1) is 3.57 Å². The number of ether oxygens (including phenoxy) is 2. The summed E-state index contributed by atoms with van der Waals surface area (Å²) >= 11 is 3.55. The summed E-state index contributed by atoms with van der Waals surface area (Å²) in [5, 5.41) is 8.45. The van der Waals surface area contributed by atoms with Crippen LogP contribution in [-0.2, 0) is 9.59 Å². The lowest BCUT2D eigenvalue weighted by Crippen LogP contribution is -2.30. The first-order valence-corrected chi connectivity index (χ1v) is 14.8. The molecule has 0 bridgehead atoms. The van der Waals surface area contributed by atoms with Crippen molar-refractivity contribution in [1.29, 1.82) is 0 Å². The van der Waals surface area contributed by atoms with E-state index in [-0.39, 0.29) is 17.4 Å². The number of halogens is 1. The van der Waals surface area contributed by atoms with Gasteiger partial charge in [-0.25, -0.2) is 0 Å². The van der Waals surface area contributed by atoms with Gasteiger partial charge >= 0.3 is 0 Å². The van der Waals surface area contributed by atoms with Gasteiger partial charge in [-0.05, 0) is 101 Å². The highest BCUT2D eigenvalue weighted by Gasteiger charge is 2.17. The fourth-order valence-electron chi connectivity index (χ4n) is 3.79. The van der Waals surface area contributed by atoms with E-state index in [1.807, 2.05) is 30.3 Å². The molecule has 3 N–H and O–H groups in total. The van der Waals surface area contributed by atoms with Crippen LogP contribution >= 0.6 is 34.4 Å². The molecule has 0 radical (unpaired) electrons. The fraction of sp³-hybridized carbons (Fsp3) is 0.0938. The minimum Gasteiger partial charge on any atom is -0.497 e. The molecule has 4 rings (SSSR count). The van der Waals surface area contributed by atoms with E-state index in [0.29, 0.717) is 28.3 Å². The lowest BCUT2D eigenvalue weighted by molar-refractivity contribution is -0.114. The Morgan fingerprint density at radius 3 is 2.29 bits per heavy atom. The smallest absolute Gasteiger partial charge is 0.272 e. The summed E-state index contributed by atoms with van der Waals surface area (Å²) in [5.74, 6) is 0.128. The maximum atomic E-state index is 13.5. The highest BCUT2D eigenvalue weighted by molar-refractivity contribution is 14.1. The summed E-state index contributed by atoms with van der Waals surface area (Å²) in [7, 11) is 3.06. The van der Waals surface area contributed by atoms with Crippen LogP contribution in [0.2, 0.25) is 0 Å². The number of anilines is 2. The van der Waals surface area contributed by atoms with Gasteiger partial charge in [0.25, 0.3) is 11.8 Å². The lowest BCUT2D eigenvalue weighted by atomic mass is 10.1. The molecule has 42 heavy (non-hydrogen) atoms. The molecule has 4 aromatic carbocycles. The molecule has 0 fully saturated rings. The van der Waals surface area contributed by atoms with Crippen molar-refractivity contribution in [3.8, 4) is 11.5 Å². The van der Waals surface area contributed by atoms with Crippen molar-refractivity contribution in [2.45, 2.75) is 4.90 Å². The third-order valence-corrected chi connectivity index (χ3v) is 7.57. The zero-order valence-electron chi connectivity index (χ0n) is 22.8. The third kappa shape index (κ3) is 8.85. The van der Waals surface area contributed by atoms with Gasteiger partial charge < -0.3 is 25.4 Å². The van der Waals surface area contributed by atoms with E-state index < -0.39 is 11.8 Å². The molecule has 0 aliphatic heterocycles. The summed E-state index contributed by atoms with van der Waals surface area (Å²) in [5.41, 5.74) is 2.17. The quantitative estimate of drug-likeness (QED) is 0.0949. The van der Waals surface area contributed by atoms with Crippen molar-refractivity contribution in [3.05, 3.63) is 117 Å². The molecule has 0 saturated carbocycles. The van der Waals surface area contributed by atoms with E-state index >= 15 is 0 Å². The predicted molar refractivity (Wildman–Crippen MR) is 175 cm³/mol. The molecular formula is C32H28IN3O5S. The molecule has 0 saturated heterocycles. The minimum atomic E-state index is -0.539. The molecule has 0 atom stereocenters. The summed E-state index contributed by atoms with van der Waals surface area (Å²) in [6, 6.07) is 28.5. The molecule has 214 valence electrons. The molecule has 3 amide bonds. The maximum Gasteiger partial charge on any atom is 0.272 e. The van der Waals surface area contributed by atoms with Crippen LogP contribution in [0.25, 0.3) is 6.08 Å². The van der Waals surface area contributed by atoms with Crippen LogP contribution < -0.4 is 25.4 Å². The van der Waals surface area contributed by atoms with Gasteiger partial charge in [0.15, 0.2) is 0 Å². The van der Waals surface area contributed by atoms with Crippen molar-refractivity contribution in [3.63, 3.8) is 0 Å². The average Bonchev–Trinajstić information content (AvgIpc) is 3.01. The second kappa shape index (κ2) is 15.1. The van der Waals surface area contributed by atoms with Crippen molar-refractivity contribution in [1.82, 2.24) is 5.32 Å². The van der Waals surface area contributed by atoms with Crippen molar-refractivity contribution >= 4 is 69.5 Å². The number of hydrogen-bond donors (Lipinski definition) is 3. The summed E-state index contributed by atoms with van der Waals surface area (Å²) in [6.45, 7) is 0. The monoisotopic (exact) mass is 693 g/mol. The third-order valence-electron chi connectivity index (χ3n) is 5.86. The van der Waals surface area contributed by atoms with Crippen LogP contribution in [0.5, 0.6) is 11.5 Å². The number of hydrogen-bond acceptors (Lipinski definition) is 6. The molecule has 10 heteroatoms. The van der Waals surface area contributed by atoms with Gasteiger partial charge in [-0.15, -0.1) is 11.8 Å². The normalized spacial score (nSPS) is 10.9. The van der Waals surface area contributed by atoms with Gasteiger partial charge in [0.1, 0.15) is 17.2 Å². The number of benzene rings is 4. The van der Waals surface area contributed by atoms with Gasteiger partial charge in [-0.3, -0.25) is 14.4 Å². The van der Waals surface area contributed by atoms with Crippen molar-refractivity contribution in [2.24, 2.45) is 0 Å². The number of carbonyl (C=O) groups is 3. The largest absolute Gasteiger partial charge is 0.497 e. The zero-order valence-corrected chi connectivity index (χ0v) is 25.8. The molecule has 0 unspecified atom stereocenters. The van der Waals surface area contributed by atoms with Crippen LogP contribution in [0.3, 0.4) is 0 Å².